The average Bonchev–Trinajstić information content (AvgIpc) is 3.20. The van der Waals surface area contributed by atoms with E-state index in [1.807, 2.05) is 0 Å². The van der Waals surface area contributed by atoms with Crippen molar-refractivity contribution >= 4 is 11.9 Å². The number of ether oxygens (including phenoxy) is 1. The van der Waals surface area contributed by atoms with E-state index in [1.165, 1.54) is 128 Å². The third-order valence-electron chi connectivity index (χ3n) is 10.9. The minimum atomic E-state index is -0.672. The molecule has 6 heteroatoms. The SMILES string of the molecule is CCCCC/C=C\C/C=C\CCCCCCCC(=O)OCCCCCC/C=C\CCCCCCCCCC(=O)NC(CO)C(O)CCCCCCCCCCC. The third kappa shape index (κ3) is 41.7. The predicted octanol–water partition coefficient (Wildman–Crippen LogP) is 14.1. The van der Waals surface area contributed by atoms with Crippen LogP contribution in [0, 0.1) is 0 Å². The van der Waals surface area contributed by atoms with Gasteiger partial charge in [0.15, 0.2) is 0 Å². The average molecular weight is 788 g/mol. The van der Waals surface area contributed by atoms with E-state index in [9.17, 15) is 19.8 Å². The van der Waals surface area contributed by atoms with E-state index in [0.29, 0.717) is 25.9 Å². The molecule has 0 aromatic rings. The van der Waals surface area contributed by atoms with Crippen LogP contribution in [0.25, 0.3) is 0 Å². The quantitative estimate of drug-likeness (QED) is 0.0325. The highest BCUT2D eigenvalue weighted by molar-refractivity contribution is 5.76. The number of hydrogen-bond donors (Lipinski definition) is 3. The lowest BCUT2D eigenvalue weighted by Gasteiger charge is -2.22. The number of aliphatic hydroxyl groups is 2. The van der Waals surface area contributed by atoms with Crippen LogP contribution in [-0.2, 0) is 14.3 Å². The van der Waals surface area contributed by atoms with Gasteiger partial charge in [-0.25, -0.2) is 0 Å². The van der Waals surface area contributed by atoms with Crippen molar-refractivity contribution in [2.75, 3.05) is 13.2 Å². The maximum Gasteiger partial charge on any atom is 0.305 e. The summed E-state index contributed by atoms with van der Waals surface area (Å²) in [4.78, 5) is 24.4. The molecule has 3 N–H and O–H groups in total. The first kappa shape index (κ1) is 54.1. The van der Waals surface area contributed by atoms with E-state index < -0.39 is 12.1 Å². The molecule has 0 bridgehead atoms. The Kier molecular flexibility index (Phi) is 44.2. The number of rotatable bonds is 44. The summed E-state index contributed by atoms with van der Waals surface area (Å²) in [7, 11) is 0. The van der Waals surface area contributed by atoms with E-state index in [0.717, 1.165) is 83.5 Å². The highest BCUT2D eigenvalue weighted by atomic mass is 16.5. The molecule has 2 unspecified atom stereocenters. The Morgan fingerprint density at radius 2 is 0.893 bits per heavy atom. The molecule has 1 amide bonds. The summed E-state index contributed by atoms with van der Waals surface area (Å²) < 4.78 is 5.44. The molecule has 0 aromatic carbocycles. The minimum Gasteiger partial charge on any atom is -0.466 e. The molecule has 0 aliphatic heterocycles. The van der Waals surface area contributed by atoms with Crippen LogP contribution in [0.4, 0.5) is 0 Å². The summed E-state index contributed by atoms with van der Waals surface area (Å²) in [6.45, 7) is 4.85. The van der Waals surface area contributed by atoms with Crippen LogP contribution in [-0.4, -0.2) is 47.4 Å². The van der Waals surface area contributed by atoms with Gasteiger partial charge in [-0.05, 0) is 83.5 Å². The van der Waals surface area contributed by atoms with Crippen molar-refractivity contribution in [2.24, 2.45) is 0 Å². The first-order valence-electron chi connectivity index (χ1n) is 24.2. The van der Waals surface area contributed by atoms with Crippen LogP contribution in [0.5, 0.6) is 0 Å². The minimum absolute atomic E-state index is 0.0251. The topological polar surface area (TPSA) is 95.9 Å². The number of unbranched alkanes of at least 4 members (excludes halogenated alkanes) is 27. The molecular weight excluding hydrogens is 695 g/mol. The normalized spacial score (nSPS) is 13.0. The first-order chi connectivity index (χ1) is 27.5. The number of nitrogens with one attached hydrogen (secondary N) is 1. The molecule has 0 spiro atoms. The number of aliphatic hydroxyl groups excluding tert-OH is 2. The Balaban J connectivity index is 3.48. The molecular formula is C50H93NO5. The van der Waals surface area contributed by atoms with Gasteiger partial charge in [0.25, 0.3) is 0 Å². The van der Waals surface area contributed by atoms with E-state index in [-0.39, 0.29) is 18.5 Å². The van der Waals surface area contributed by atoms with Gasteiger partial charge in [0.2, 0.25) is 5.91 Å². The van der Waals surface area contributed by atoms with Crippen LogP contribution in [0.2, 0.25) is 0 Å². The lowest BCUT2D eigenvalue weighted by Crippen LogP contribution is -2.45. The largest absolute Gasteiger partial charge is 0.466 e. The summed E-state index contributed by atoms with van der Waals surface area (Å²) in [6, 6.07) is -0.551. The number of allylic oxidation sites excluding steroid dienone is 6. The molecule has 0 fully saturated rings. The fourth-order valence-electron chi connectivity index (χ4n) is 7.13. The second kappa shape index (κ2) is 45.8. The van der Waals surface area contributed by atoms with Crippen molar-refractivity contribution in [3.63, 3.8) is 0 Å². The number of amides is 1. The molecule has 0 radical (unpaired) electrons. The van der Waals surface area contributed by atoms with Gasteiger partial charge in [0.1, 0.15) is 0 Å². The third-order valence-corrected chi connectivity index (χ3v) is 10.9. The van der Waals surface area contributed by atoms with Gasteiger partial charge >= 0.3 is 5.97 Å². The fraction of sp³-hybridized carbons (Fsp3) is 0.840. The van der Waals surface area contributed by atoms with Crippen LogP contribution in [0.3, 0.4) is 0 Å². The molecule has 0 aliphatic rings. The molecule has 0 heterocycles. The Bertz CT molecular complexity index is 915. The van der Waals surface area contributed by atoms with Gasteiger partial charge in [-0.15, -0.1) is 0 Å². The van der Waals surface area contributed by atoms with Gasteiger partial charge in [-0.3, -0.25) is 9.59 Å². The number of carbonyl (C=O) groups is 2. The van der Waals surface area contributed by atoms with Crippen molar-refractivity contribution in [1.82, 2.24) is 5.32 Å². The molecule has 0 saturated carbocycles. The molecule has 0 saturated heterocycles. The predicted molar refractivity (Wildman–Crippen MR) is 241 cm³/mol. The van der Waals surface area contributed by atoms with Crippen molar-refractivity contribution < 1.29 is 24.5 Å². The Labute approximate surface area is 347 Å². The van der Waals surface area contributed by atoms with E-state index >= 15 is 0 Å². The molecule has 6 nitrogen and oxygen atoms in total. The van der Waals surface area contributed by atoms with Crippen molar-refractivity contribution in [3.8, 4) is 0 Å². The van der Waals surface area contributed by atoms with E-state index in [4.69, 9.17) is 4.74 Å². The van der Waals surface area contributed by atoms with Gasteiger partial charge in [-0.1, -0.05) is 185 Å². The zero-order valence-electron chi connectivity index (χ0n) is 37.1. The molecule has 328 valence electrons. The zero-order chi connectivity index (χ0) is 40.8. The summed E-state index contributed by atoms with van der Waals surface area (Å²) >= 11 is 0. The summed E-state index contributed by atoms with van der Waals surface area (Å²) in [6.07, 6.45) is 53.9. The van der Waals surface area contributed by atoms with Crippen LogP contribution < -0.4 is 5.32 Å². The zero-order valence-corrected chi connectivity index (χ0v) is 37.1. The van der Waals surface area contributed by atoms with Crippen molar-refractivity contribution in [2.45, 2.75) is 257 Å². The summed E-state index contributed by atoms with van der Waals surface area (Å²) in [5.41, 5.74) is 0. The first-order valence-corrected chi connectivity index (χ1v) is 24.2. The highest BCUT2D eigenvalue weighted by Gasteiger charge is 2.20. The number of carbonyl (C=O) groups excluding carboxylic acids is 2. The molecule has 56 heavy (non-hydrogen) atoms. The Morgan fingerprint density at radius 3 is 1.41 bits per heavy atom. The van der Waals surface area contributed by atoms with Gasteiger partial charge in [0, 0.05) is 12.8 Å². The standard InChI is InChI=1S/C50H93NO5/c1-3-5-7-9-11-13-14-15-17-21-24-28-32-36-40-44-50(55)56-45-41-37-33-29-25-22-19-16-18-20-23-27-31-35-39-43-49(54)51-47(46-52)48(53)42-38-34-30-26-12-10-8-6-4-2/h11,13,15,17,19,22,47-48,52-53H,3-10,12,14,16,18,20-21,23-46H2,1-2H3,(H,51,54)/b13-11-,17-15-,22-19-. The van der Waals surface area contributed by atoms with E-state index in [1.54, 1.807) is 0 Å². The van der Waals surface area contributed by atoms with Crippen LogP contribution >= 0.6 is 0 Å². The van der Waals surface area contributed by atoms with Crippen molar-refractivity contribution in [3.05, 3.63) is 36.5 Å². The molecule has 2 atom stereocenters. The smallest absolute Gasteiger partial charge is 0.305 e. The maximum absolute atomic E-state index is 12.4. The van der Waals surface area contributed by atoms with E-state index in [2.05, 4.69) is 55.6 Å². The number of hydrogen-bond acceptors (Lipinski definition) is 5. The van der Waals surface area contributed by atoms with Gasteiger partial charge < -0.3 is 20.3 Å². The molecule has 0 rings (SSSR count). The Hall–Kier alpha value is -1.92. The van der Waals surface area contributed by atoms with Crippen molar-refractivity contribution in [1.29, 1.82) is 0 Å². The maximum atomic E-state index is 12.4. The fourth-order valence-corrected chi connectivity index (χ4v) is 7.13. The molecule has 0 aromatic heterocycles. The van der Waals surface area contributed by atoms with Gasteiger partial charge in [-0.2, -0.15) is 0 Å². The Morgan fingerprint density at radius 1 is 0.500 bits per heavy atom. The summed E-state index contributed by atoms with van der Waals surface area (Å²) in [5.74, 6) is -0.0798. The second-order valence-corrected chi connectivity index (χ2v) is 16.4. The van der Waals surface area contributed by atoms with Crippen LogP contribution in [0.15, 0.2) is 36.5 Å². The number of esters is 1. The lowest BCUT2D eigenvalue weighted by molar-refractivity contribution is -0.143. The monoisotopic (exact) mass is 788 g/mol. The van der Waals surface area contributed by atoms with Crippen LogP contribution in [0.1, 0.15) is 245 Å². The summed E-state index contributed by atoms with van der Waals surface area (Å²) in [5, 5.41) is 23.0. The highest BCUT2D eigenvalue weighted by Crippen LogP contribution is 2.15. The van der Waals surface area contributed by atoms with Gasteiger partial charge in [0.05, 0.1) is 25.4 Å². The second-order valence-electron chi connectivity index (χ2n) is 16.4. The lowest BCUT2D eigenvalue weighted by atomic mass is 10.0. The molecule has 0 aliphatic carbocycles.